The van der Waals surface area contributed by atoms with Gasteiger partial charge in [-0.05, 0) is 50.4 Å². The summed E-state index contributed by atoms with van der Waals surface area (Å²) in [6.45, 7) is 2.49. The molecule has 1 unspecified atom stereocenters. The minimum Gasteiger partial charge on any atom is -0.399 e. The van der Waals surface area contributed by atoms with Crippen LogP contribution in [0.3, 0.4) is 0 Å². The van der Waals surface area contributed by atoms with E-state index in [2.05, 4.69) is 10.3 Å². The van der Waals surface area contributed by atoms with Gasteiger partial charge in [0.15, 0.2) is 0 Å². The van der Waals surface area contributed by atoms with Crippen LogP contribution in [0.25, 0.3) is 0 Å². The van der Waals surface area contributed by atoms with Crippen molar-refractivity contribution in [2.24, 2.45) is 0 Å². The molecule has 1 heterocycles. The van der Waals surface area contributed by atoms with Gasteiger partial charge < -0.3 is 11.1 Å². The van der Waals surface area contributed by atoms with Gasteiger partial charge in [-0.15, -0.1) is 0 Å². The van der Waals surface area contributed by atoms with Crippen LogP contribution in [-0.2, 0) is 11.3 Å². The number of amides is 1. The average molecular weight is 284 g/mol. The summed E-state index contributed by atoms with van der Waals surface area (Å²) in [5.41, 5.74) is 7.98. The zero-order valence-corrected chi connectivity index (χ0v) is 12.3. The monoisotopic (exact) mass is 284 g/mol. The SMILES string of the molecule is CC(C(=O)Nc1ccc(N)cc1)N(C)Cc1ccccn1. The van der Waals surface area contributed by atoms with E-state index in [1.807, 2.05) is 37.1 Å². The van der Waals surface area contributed by atoms with Crippen LogP contribution in [-0.4, -0.2) is 28.9 Å². The van der Waals surface area contributed by atoms with E-state index >= 15 is 0 Å². The van der Waals surface area contributed by atoms with Crippen molar-refractivity contribution >= 4 is 17.3 Å². The highest BCUT2D eigenvalue weighted by Crippen LogP contribution is 2.12. The number of likely N-dealkylation sites (N-methyl/N-ethyl adjacent to an activating group) is 1. The van der Waals surface area contributed by atoms with Crippen LogP contribution in [0.5, 0.6) is 0 Å². The zero-order valence-electron chi connectivity index (χ0n) is 12.3. The summed E-state index contributed by atoms with van der Waals surface area (Å²) in [7, 11) is 1.90. The summed E-state index contributed by atoms with van der Waals surface area (Å²) in [6, 6.07) is 12.6. The van der Waals surface area contributed by atoms with Gasteiger partial charge in [-0.25, -0.2) is 0 Å². The molecule has 1 amide bonds. The van der Waals surface area contributed by atoms with Gasteiger partial charge in [-0.2, -0.15) is 0 Å². The van der Waals surface area contributed by atoms with E-state index in [9.17, 15) is 4.79 Å². The largest absolute Gasteiger partial charge is 0.399 e. The third-order valence-corrected chi connectivity index (χ3v) is 3.36. The van der Waals surface area contributed by atoms with Crippen molar-refractivity contribution in [1.82, 2.24) is 9.88 Å². The Kier molecular flexibility index (Phi) is 4.90. The van der Waals surface area contributed by atoms with Gasteiger partial charge in [-0.3, -0.25) is 14.7 Å². The maximum atomic E-state index is 12.2. The van der Waals surface area contributed by atoms with Gasteiger partial charge in [0.2, 0.25) is 5.91 Å². The fourth-order valence-electron chi connectivity index (χ4n) is 1.90. The summed E-state index contributed by atoms with van der Waals surface area (Å²) in [4.78, 5) is 18.4. The van der Waals surface area contributed by atoms with Crippen molar-refractivity contribution in [3.63, 3.8) is 0 Å². The molecule has 0 radical (unpaired) electrons. The third kappa shape index (κ3) is 4.29. The smallest absolute Gasteiger partial charge is 0.241 e. The summed E-state index contributed by atoms with van der Waals surface area (Å²) >= 11 is 0. The van der Waals surface area contributed by atoms with Gasteiger partial charge in [0.05, 0.1) is 11.7 Å². The van der Waals surface area contributed by atoms with E-state index in [0.29, 0.717) is 12.2 Å². The van der Waals surface area contributed by atoms with E-state index in [4.69, 9.17) is 5.73 Å². The number of hydrogen-bond acceptors (Lipinski definition) is 4. The van der Waals surface area contributed by atoms with Crippen LogP contribution < -0.4 is 11.1 Å². The lowest BCUT2D eigenvalue weighted by Crippen LogP contribution is -2.39. The minimum absolute atomic E-state index is 0.0572. The number of pyridine rings is 1. The van der Waals surface area contributed by atoms with Crippen molar-refractivity contribution in [1.29, 1.82) is 0 Å². The first-order valence-corrected chi connectivity index (χ1v) is 6.83. The molecule has 0 saturated heterocycles. The number of nitrogens with two attached hydrogens (primary N) is 1. The molecule has 5 nitrogen and oxygen atoms in total. The Morgan fingerprint density at radius 1 is 1.29 bits per heavy atom. The van der Waals surface area contributed by atoms with Gasteiger partial charge in [0.25, 0.3) is 0 Å². The summed E-state index contributed by atoms with van der Waals surface area (Å²) in [5, 5.41) is 2.88. The predicted molar refractivity (Wildman–Crippen MR) is 84.7 cm³/mol. The van der Waals surface area contributed by atoms with Crippen LogP contribution in [0.1, 0.15) is 12.6 Å². The molecular weight excluding hydrogens is 264 g/mol. The predicted octanol–water partition coefficient (Wildman–Crippen LogP) is 2.12. The minimum atomic E-state index is -0.260. The van der Waals surface area contributed by atoms with Gasteiger partial charge in [-0.1, -0.05) is 6.07 Å². The number of carbonyl (C=O) groups excluding carboxylic acids is 1. The third-order valence-electron chi connectivity index (χ3n) is 3.36. The molecule has 0 aliphatic heterocycles. The summed E-state index contributed by atoms with van der Waals surface area (Å²) in [6.07, 6.45) is 1.75. The molecule has 3 N–H and O–H groups in total. The quantitative estimate of drug-likeness (QED) is 0.825. The summed E-state index contributed by atoms with van der Waals surface area (Å²) in [5.74, 6) is -0.0572. The van der Waals surface area contributed by atoms with E-state index in [1.54, 1.807) is 30.5 Å². The van der Waals surface area contributed by atoms with Crippen molar-refractivity contribution in [2.45, 2.75) is 19.5 Å². The van der Waals surface area contributed by atoms with E-state index in [0.717, 1.165) is 11.4 Å². The second kappa shape index (κ2) is 6.85. The molecule has 0 spiro atoms. The summed E-state index contributed by atoms with van der Waals surface area (Å²) < 4.78 is 0. The molecular formula is C16H20N4O. The number of nitrogen functional groups attached to an aromatic ring is 1. The van der Waals surface area contributed by atoms with Crippen LogP contribution in [0.4, 0.5) is 11.4 Å². The van der Waals surface area contributed by atoms with Crippen LogP contribution in [0, 0.1) is 0 Å². The number of anilines is 2. The highest BCUT2D eigenvalue weighted by Gasteiger charge is 2.18. The molecule has 0 bridgehead atoms. The Hall–Kier alpha value is -2.40. The average Bonchev–Trinajstić information content (AvgIpc) is 2.49. The second-order valence-electron chi connectivity index (χ2n) is 5.02. The maximum absolute atomic E-state index is 12.2. The number of hydrogen-bond donors (Lipinski definition) is 2. The number of aromatic nitrogens is 1. The molecule has 110 valence electrons. The molecule has 1 atom stereocenters. The number of carbonyl (C=O) groups is 1. The van der Waals surface area contributed by atoms with Crippen molar-refractivity contribution in [3.8, 4) is 0 Å². The standard InChI is InChI=1S/C16H20N4O/c1-12(20(2)11-15-5-3-4-10-18-15)16(21)19-14-8-6-13(17)7-9-14/h3-10,12H,11,17H2,1-2H3,(H,19,21). The first-order valence-electron chi connectivity index (χ1n) is 6.83. The lowest BCUT2D eigenvalue weighted by atomic mass is 10.2. The van der Waals surface area contributed by atoms with E-state index < -0.39 is 0 Å². The molecule has 0 fully saturated rings. The highest BCUT2D eigenvalue weighted by atomic mass is 16.2. The lowest BCUT2D eigenvalue weighted by Gasteiger charge is -2.23. The number of rotatable bonds is 5. The number of nitrogens with one attached hydrogen (secondary N) is 1. The van der Waals surface area contributed by atoms with Gasteiger partial charge >= 0.3 is 0 Å². The van der Waals surface area contributed by atoms with Gasteiger partial charge in [0.1, 0.15) is 0 Å². The molecule has 0 aliphatic carbocycles. The Morgan fingerprint density at radius 3 is 2.62 bits per heavy atom. The van der Waals surface area contributed by atoms with E-state index in [-0.39, 0.29) is 11.9 Å². The van der Waals surface area contributed by atoms with Crippen molar-refractivity contribution in [3.05, 3.63) is 54.4 Å². The molecule has 1 aromatic heterocycles. The molecule has 0 aliphatic rings. The number of benzene rings is 1. The molecule has 2 rings (SSSR count). The zero-order chi connectivity index (χ0) is 15.2. The molecule has 5 heteroatoms. The Morgan fingerprint density at radius 2 is 2.00 bits per heavy atom. The normalized spacial score (nSPS) is 12.1. The molecule has 21 heavy (non-hydrogen) atoms. The second-order valence-corrected chi connectivity index (χ2v) is 5.02. The topological polar surface area (TPSA) is 71.2 Å². The van der Waals surface area contributed by atoms with Crippen molar-refractivity contribution < 1.29 is 4.79 Å². The fourth-order valence-corrected chi connectivity index (χ4v) is 1.90. The van der Waals surface area contributed by atoms with E-state index in [1.165, 1.54) is 0 Å². The highest BCUT2D eigenvalue weighted by molar-refractivity contribution is 5.94. The Bertz CT molecular complexity index is 583. The van der Waals surface area contributed by atoms with Gasteiger partial charge in [0, 0.05) is 24.1 Å². The van der Waals surface area contributed by atoms with Crippen molar-refractivity contribution in [2.75, 3.05) is 18.1 Å². The maximum Gasteiger partial charge on any atom is 0.241 e. The van der Waals surface area contributed by atoms with Crippen LogP contribution >= 0.6 is 0 Å². The van der Waals surface area contributed by atoms with Crippen LogP contribution in [0.2, 0.25) is 0 Å². The van der Waals surface area contributed by atoms with Crippen LogP contribution in [0.15, 0.2) is 48.7 Å². The fraction of sp³-hybridized carbons (Fsp3) is 0.250. The molecule has 1 aromatic carbocycles. The molecule has 2 aromatic rings. The Labute approximate surface area is 124 Å². The first-order chi connectivity index (χ1) is 10.1. The number of nitrogens with zero attached hydrogens (tertiary/aromatic N) is 2. The lowest BCUT2D eigenvalue weighted by molar-refractivity contribution is -0.120. The first kappa shape index (κ1) is 15.0. The Balaban J connectivity index is 1.93. The molecule has 0 saturated carbocycles.